The third kappa shape index (κ3) is 7.11. The Balaban J connectivity index is 1.71. The van der Waals surface area contributed by atoms with E-state index in [0.717, 1.165) is 10.4 Å². The van der Waals surface area contributed by atoms with Crippen LogP contribution in [0.5, 0.6) is 0 Å². The molecule has 2 amide bonds. The van der Waals surface area contributed by atoms with E-state index in [1.165, 1.54) is 16.3 Å². The average Bonchev–Trinajstić information content (AvgIpc) is 3.35. The van der Waals surface area contributed by atoms with Crippen molar-refractivity contribution in [3.8, 4) is 0 Å². The highest BCUT2D eigenvalue weighted by molar-refractivity contribution is 8.00. The summed E-state index contributed by atoms with van der Waals surface area (Å²) in [6.07, 6.45) is 0.843. The monoisotopic (exact) mass is 637 g/mol. The van der Waals surface area contributed by atoms with E-state index in [9.17, 15) is 19.2 Å². The van der Waals surface area contributed by atoms with Gasteiger partial charge in [-0.15, -0.1) is 11.8 Å². The fourth-order valence-electron chi connectivity index (χ4n) is 5.55. The number of nitrogens with one attached hydrogen (secondary N) is 2. The first kappa shape index (κ1) is 33.5. The molecule has 2 N–H and O–H groups in total. The maximum absolute atomic E-state index is 12.9. The van der Waals surface area contributed by atoms with Crippen LogP contribution < -0.4 is 26.9 Å². The van der Waals surface area contributed by atoms with Crippen molar-refractivity contribution in [2.45, 2.75) is 83.1 Å². The summed E-state index contributed by atoms with van der Waals surface area (Å²) in [4.78, 5) is 53.1. The molecule has 3 atom stereocenters. The van der Waals surface area contributed by atoms with Gasteiger partial charge in [-0.1, -0.05) is 109 Å². The lowest BCUT2D eigenvalue weighted by atomic mass is 9.96. The first-order valence-electron chi connectivity index (χ1n) is 14.9. The summed E-state index contributed by atoms with van der Waals surface area (Å²) in [5.74, 6) is -0.450. The molecule has 1 aliphatic rings. The number of hydrogen-bond acceptors (Lipinski definition) is 7. The minimum Gasteiger partial charge on any atom is -0.445 e. The summed E-state index contributed by atoms with van der Waals surface area (Å²) in [7, 11) is -2.91. The molecule has 1 fully saturated rings. The SMILES string of the molecule is CCc1cn([C@H]2C[C@H](OC(=O)NC(=O)C(C)(C)C)[C@@H](CO[Si](c3ccccc3)(c3ccccc3)C(C)(C)C)S2)c(=O)[nH]c1=O. The van der Waals surface area contributed by atoms with Crippen molar-refractivity contribution in [2.75, 3.05) is 6.61 Å². The molecular formula is C33H43N3O6SSi. The standard InChI is InChI=1S/C33H43N3O6SSi/c1-8-22-20-36(30(39)34-28(22)37)27-19-25(42-31(40)35-29(38)32(2,3)4)26(43-27)21-41-44(33(5,6)7,23-15-11-9-12-16-23)24-17-13-10-14-18-24/h9-18,20,25-27H,8,19,21H2,1-7H3,(H,34,37,39)(H,35,38,40)/t25-,26+,27+/m0/s1. The van der Waals surface area contributed by atoms with Gasteiger partial charge in [-0.3, -0.25) is 24.5 Å². The third-order valence-electron chi connectivity index (χ3n) is 7.95. The van der Waals surface area contributed by atoms with Crippen LogP contribution in [0.1, 0.15) is 65.8 Å². The Hall–Kier alpha value is -3.41. The van der Waals surface area contributed by atoms with E-state index >= 15 is 0 Å². The number of H-pyrrole nitrogens is 1. The van der Waals surface area contributed by atoms with Gasteiger partial charge in [0, 0.05) is 23.6 Å². The number of ether oxygens (including phenoxy) is 1. The Morgan fingerprint density at radius 2 is 1.55 bits per heavy atom. The molecule has 0 radical (unpaired) electrons. The lowest BCUT2D eigenvalue weighted by Crippen LogP contribution is -2.67. The fraction of sp³-hybridized carbons (Fsp3) is 0.455. The Bertz CT molecular complexity index is 1540. The second-order valence-corrected chi connectivity index (χ2v) is 18.9. The van der Waals surface area contributed by atoms with Crippen molar-refractivity contribution in [3.63, 3.8) is 0 Å². The highest BCUT2D eigenvalue weighted by Crippen LogP contribution is 2.44. The molecule has 9 nitrogen and oxygen atoms in total. The van der Waals surface area contributed by atoms with Crippen LogP contribution in [0, 0.1) is 5.41 Å². The average molecular weight is 638 g/mol. The molecule has 0 unspecified atom stereocenters. The van der Waals surface area contributed by atoms with Gasteiger partial charge >= 0.3 is 11.8 Å². The zero-order valence-corrected chi connectivity index (χ0v) is 28.3. The number of hydrogen-bond donors (Lipinski definition) is 2. The number of carbonyl (C=O) groups excluding carboxylic acids is 2. The Morgan fingerprint density at radius 1 is 0.977 bits per heavy atom. The van der Waals surface area contributed by atoms with Crippen LogP contribution in [0.3, 0.4) is 0 Å². The van der Waals surface area contributed by atoms with Crippen LogP contribution in [-0.2, 0) is 20.4 Å². The van der Waals surface area contributed by atoms with Gasteiger partial charge < -0.3 is 9.16 Å². The zero-order chi connectivity index (χ0) is 32.3. The molecule has 11 heteroatoms. The number of carbonyl (C=O) groups is 2. The van der Waals surface area contributed by atoms with Gasteiger partial charge in [0.2, 0.25) is 5.91 Å². The van der Waals surface area contributed by atoms with Crippen molar-refractivity contribution >= 4 is 42.5 Å². The number of aryl methyl sites for hydroxylation is 1. The zero-order valence-electron chi connectivity index (χ0n) is 26.5. The van der Waals surface area contributed by atoms with Gasteiger partial charge in [-0.05, 0) is 21.8 Å². The molecule has 44 heavy (non-hydrogen) atoms. The van der Waals surface area contributed by atoms with Crippen LogP contribution in [-0.4, -0.2) is 47.8 Å². The van der Waals surface area contributed by atoms with E-state index in [1.807, 2.05) is 43.3 Å². The minimum absolute atomic E-state index is 0.234. The number of thioether (sulfide) groups is 1. The van der Waals surface area contributed by atoms with Crippen LogP contribution >= 0.6 is 11.8 Å². The summed E-state index contributed by atoms with van der Waals surface area (Å²) in [5.41, 5.74) is -1.22. The van der Waals surface area contributed by atoms with E-state index in [4.69, 9.17) is 9.16 Å². The lowest BCUT2D eigenvalue weighted by molar-refractivity contribution is -0.127. The Kier molecular flexibility index (Phi) is 10.1. The predicted octanol–water partition coefficient (Wildman–Crippen LogP) is 4.35. The summed E-state index contributed by atoms with van der Waals surface area (Å²) in [6.45, 7) is 13.8. The second kappa shape index (κ2) is 13.3. The van der Waals surface area contributed by atoms with Gasteiger partial charge in [-0.25, -0.2) is 9.59 Å². The normalized spacial score (nSPS) is 19.0. The van der Waals surface area contributed by atoms with Gasteiger partial charge in [0.25, 0.3) is 13.9 Å². The number of imide groups is 1. The van der Waals surface area contributed by atoms with Crippen LogP contribution in [0.25, 0.3) is 0 Å². The van der Waals surface area contributed by atoms with Crippen molar-refractivity contribution in [2.24, 2.45) is 5.41 Å². The molecule has 0 spiro atoms. The maximum Gasteiger partial charge on any atom is 0.414 e. The minimum atomic E-state index is -2.91. The number of aromatic nitrogens is 2. The molecule has 2 heterocycles. The largest absolute Gasteiger partial charge is 0.445 e. The van der Waals surface area contributed by atoms with Crippen molar-refractivity contribution in [1.29, 1.82) is 0 Å². The van der Waals surface area contributed by atoms with Crippen LogP contribution in [0.15, 0.2) is 76.4 Å². The molecule has 4 rings (SSSR count). The summed E-state index contributed by atoms with van der Waals surface area (Å²) < 4.78 is 14.6. The van der Waals surface area contributed by atoms with Crippen LogP contribution in [0.2, 0.25) is 5.04 Å². The van der Waals surface area contributed by atoms with E-state index < -0.39 is 48.5 Å². The van der Waals surface area contributed by atoms with Gasteiger partial charge in [-0.2, -0.15) is 0 Å². The summed E-state index contributed by atoms with van der Waals surface area (Å²) in [6, 6.07) is 20.5. The van der Waals surface area contributed by atoms with Crippen LogP contribution in [0.4, 0.5) is 4.79 Å². The summed E-state index contributed by atoms with van der Waals surface area (Å²) >= 11 is 1.47. The highest BCUT2D eigenvalue weighted by atomic mass is 32.2. The predicted molar refractivity (Wildman–Crippen MR) is 177 cm³/mol. The molecule has 0 aliphatic carbocycles. The number of rotatable bonds is 8. The topological polar surface area (TPSA) is 119 Å². The first-order valence-corrected chi connectivity index (χ1v) is 17.8. The fourth-order valence-corrected chi connectivity index (χ4v) is 11.7. The molecule has 0 saturated carbocycles. The number of alkyl carbamates (subject to hydrolysis) is 1. The summed E-state index contributed by atoms with van der Waals surface area (Å²) in [5, 5.41) is 3.54. The van der Waals surface area contributed by atoms with Crippen molar-refractivity contribution in [1.82, 2.24) is 14.9 Å². The van der Waals surface area contributed by atoms with Crippen molar-refractivity contribution < 1.29 is 18.8 Å². The van der Waals surface area contributed by atoms with E-state index in [1.54, 1.807) is 27.0 Å². The van der Waals surface area contributed by atoms with Crippen molar-refractivity contribution in [3.05, 3.63) is 93.3 Å². The Labute approximate surface area is 263 Å². The Morgan fingerprint density at radius 3 is 2.05 bits per heavy atom. The lowest BCUT2D eigenvalue weighted by Gasteiger charge is -2.43. The highest BCUT2D eigenvalue weighted by Gasteiger charge is 2.51. The number of nitrogens with zero attached hydrogens (tertiary/aromatic N) is 1. The smallest absolute Gasteiger partial charge is 0.414 e. The number of amides is 2. The van der Waals surface area contributed by atoms with Gasteiger partial charge in [0.05, 0.1) is 17.2 Å². The van der Waals surface area contributed by atoms with E-state index in [0.29, 0.717) is 18.4 Å². The second-order valence-electron chi connectivity index (χ2n) is 13.2. The van der Waals surface area contributed by atoms with Gasteiger partial charge in [0.1, 0.15) is 6.10 Å². The first-order chi connectivity index (χ1) is 20.7. The number of benzene rings is 2. The maximum atomic E-state index is 12.9. The number of aromatic amines is 1. The molecule has 3 aromatic rings. The molecule has 236 valence electrons. The molecule has 1 aliphatic heterocycles. The van der Waals surface area contributed by atoms with Gasteiger partial charge in [0.15, 0.2) is 0 Å². The van der Waals surface area contributed by atoms with E-state index in [-0.39, 0.29) is 16.9 Å². The molecule has 0 bridgehead atoms. The van der Waals surface area contributed by atoms with E-state index in [2.05, 4.69) is 55.3 Å². The third-order valence-corrected chi connectivity index (χ3v) is 14.5. The molecule has 1 aromatic heterocycles. The molecule has 1 saturated heterocycles. The molecular weight excluding hydrogens is 595 g/mol. The molecule has 2 aromatic carbocycles. The quantitative estimate of drug-likeness (QED) is 0.353.